The molecular formula is C18H16O3S. The molecule has 3 rings (SSSR count). The summed E-state index contributed by atoms with van der Waals surface area (Å²) in [6.45, 7) is 2.02. The zero-order valence-corrected chi connectivity index (χ0v) is 13.2. The molecule has 3 aromatic rings. The van der Waals surface area contributed by atoms with E-state index in [1.54, 1.807) is 6.08 Å². The Kier molecular flexibility index (Phi) is 3.62. The van der Waals surface area contributed by atoms with E-state index in [9.17, 15) is 8.42 Å². The zero-order chi connectivity index (χ0) is 15.7. The second kappa shape index (κ2) is 5.46. The van der Waals surface area contributed by atoms with Crippen LogP contribution in [0.2, 0.25) is 0 Å². The number of para-hydroxylation sites is 1. The fraction of sp³-hybridized carbons (Fsp3) is 0.111. The number of hydrogen-bond acceptors (Lipinski definition) is 3. The fourth-order valence-corrected chi connectivity index (χ4v) is 2.73. The Morgan fingerprint density at radius 2 is 1.68 bits per heavy atom. The van der Waals surface area contributed by atoms with Crippen LogP contribution in [0.4, 0.5) is 0 Å². The highest BCUT2D eigenvalue weighted by atomic mass is 32.2. The van der Waals surface area contributed by atoms with Crippen LogP contribution in [0.1, 0.15) is 11.1 Å². The summed E-state index contributed by atoms with van der Waals surface area (Å²) in [5.41, 5.74) is 3.61. The minimum atomic E-state index is -3.20. The first kappa shape index (κ1) is 14.6. The number of aryl methyl sites for hydroxylation is 1. The lowest BCUT2D eigenvalue weighted by molar-refractivity contribution is 0.610. The first-order chi connectivity index (χ1) is 10.4. The molecule has 0 atom stereocenters. The van der Waals surface area contributed by atoms with E-state index in [-0.39, 0.29) is 0 Å². The van der Waals surface area contributed by atoms with E-state index in [1.807, 2.05) is 55.5 Å². The molecule has 0 aliphatic rings. The van der Waals surface area contributed by atoms with E-state index in [1.165, 1.54) is 11.7 Å². The standard InChI is InChI=1S/C18H16O3S/c1-13-7-9-14(10-8-13)18-16(11-12-22(2,19)20)15-5-3-4-6-17(15)21-18/h3-12H,1-2H3/b12-11+. The van der Waals surface area contributed by atoms with Crippen molar-refractivity contribution in [3.8, 4) is 11.3 Å². The van der Waals surface area contributed by atoms with Crippen molar-refractivity contribution in [2.45, 2.75) is 6.92 Å². The second-order valence-corrected chi connectivity index (χ2v) is 7.27. The van der Waals surface area contributed by atoms with Crippen molar-refractivity contribution in [2.24, 2.45) is 0 Å². The quantitative estimate of drug-likeness (QED) is 0.719. The van der Waals surface area contributed by atoms with Crippen LogP contribution in [0.25, 0.3) is 28.4 Å². The molecule has 0 fully saturated rings. The van der Waals surface area contributed by atoms with Gasteiger partial charge in [-0.15, -0.1) is 0 Å². The Morgan fingerprint density at radius 1 is 1.00 bits per heavy atom. The van der Waals surface area contributed by atoms with Crippen LogP contribution in [0.3, 0.4) is 0 Å². The summed E-state index contributed by atoms with van der Waals surface area (Å²) >= 11 is 0. The van der Waals surface area contributed by atoms with Gasteiger partial charge in [-0.3, -0.25) is 0 Å². The second-order valence-electron chi connectivity index (χ2n) is 5.34. The molecule has 4 heteroatoms. The molecule has 0 unspecified atom stereocenters. The lowest BCUT2D eigenvalue weighted by Crippen LogP contribution is -1.88. The Balaban J connectivity index is 2.25. The first-order valence-electron chi connectivity index (χ1n) is 6.91. The Labute approximate surface area is 129 Å². The van der Waals surface area contributed by atoms with E-state index in [4.69, 9.17) is 4.42 Å². The molecule has 1 heterocycles. The van der Waals surface area contributed by atoms with Gasteiger partial charge in [-0.1, -0.05) is 48.0 Å². The van der Waals surface area contributed by atoms with Crippen molar-refractivity contribution >= 4 is 26.9 Å². The summed E-state index contributed by atoms with van der Waals surface area (Å²) in [4.78, 5) is 0. The lowest BCUT2D eigenvalue weighted by Gasteiger charge is -2.00. The minimum Gasteiger partial charge on any atom is -0.455 e. The smallest absolute Gasteiger partial charge is 0.168 e. The van der Waals surface area contributed by atoms with Gasteiger partial charge >= 0.3 is 0 Å². The molecule has 0 aliphatic heterocycles. The zero-order valence-electron chi connectivity index (χ0n) is 12.4. The maximum Gasteiger partial charge on any atom is 0.168 e. The van der Waals surface area contributed by atoms with E-state index >= 15 is 0 Å². The largest absolute Gasteiger partial charge is 0.455 e. The third-order valence-corrected chi connectivity index (χ3v) is 4.06. The van der Waals surface area contributed by atoms with Gasteiger partial charge < -0.3 is 4.42 Å². The van der Waals surface area contributed by atoms with E-state index in [0.717, 1.165) is 27.7 Å². The van der Waals surface area contributed by atoms with Crippen LogP contribution in [0, 0.1) is 6.92 Å². The van der Waals surface area contributed by atoms with Gasteiger partial charge in [0.15, 0.2) is 9.84 Å². The number of sulfone groups is 1. The van der Waals surface area contributed by atoms with Crippen molar-refractivity contribution < 1.29 is 12.8 Å². The number of furan rings is 1. The van der Waals surface area contributed by atoms with Crippen LogP contribution in [0.5, 0.6) is 0 Å². The third-order valence-electron chi connectivity index (χ3n) is 3.43. The number of rotatable bonds is 3. The van der Waals surface area contributed by atoms with Crippen LogP contribution >= 0.6 is 0 Å². The summed E-state index contributed by atoms with van der Waals surface area (Å²) in [6, 6.07) is 15.6. The average Bonchev–Trinajstić information content (AvgIpc) is 2.84. The molecule has 3 nitrogen and oxygen atoms in total. The predicted molar refractivity (Wildman–Crippen MR) is 90.3 cm³/mol. The summed E-state index contributed by atoms with van der Waals surface area (Å²) < 4.78 is 28.8. The molecule has 1 aromatic heterocycles. The SMILES string of the molecule is Cc1ccc(-c2oc3ccccc3c2/C=C/S(C)(=O)=O)cc1. The van der Waals surface area contributed by atoms with Crippen molar-refractivity contribution in [3.05, 3.63) is 65.1 Å². The molecule has 0 saturated carbocycles. The van der Waals surface area contributed by atoms with Crippen LogP contribution in [-0.2, 0) is 9.84 Å². The van der Waals surface area contributed by atoms with E-state index in [0.29, 0.717) is 5.76 Å². The molecule has 112 valence electrons. The Hall–Kier alpha value is -2.33. The van der Waals surface area contributed by atoms with Crippen LogP contribution < -0.4 is 0 Å². The van der Waals surface area contributed by atoms with Crippen molar-refractivity contribution in [2.75, 3.05) is 6.26 Å². The fourth-order valence-electron chi connectivity index (χ4n) is 2.34. The minimum absolute atomic E-state index is 0.682. The summed E-state index contributed by atoms with van der Waals surface area (Å²) in [5.74, 6) is 0.682. The average molecular weight is 312 g/mol. The van der Waals surface area contributed by atoms with Gasteiger partial charge in [-0.05, 0) is 19.1 Å². The summed E-state index contributed by atoms with van der Waals surface area (Å²) in [5, 5.41) is 2.11. The molecule has 2 aromatic carbocycles. The highest BCUT2D eigenvalue weighted by Gasteiger charge is 2.14. The highest BCUT2D eigenvalue weighted by Crippen LogP contribution is 2.34. The normalized spacial score (nSPS) is 12.3. The highest BCUT2D eigenvalue weighted by molar-refractivity contribution is 7.93. The first-order valence-corrected chi connectivity index (χ1v) is 8.86. The van der Waals surface area contributed by atoms with Gasteiger partial charge in [0, 0.05) is 28.2 Å². The molecule has 0 radical (unpaired) electrons. The number of benzene rings is 2. The van der Waals surface area contributed by atoms with Gasteiger partial charge in [-0.25, -0.2) is 8.42 Å². The van der Waals surface area contributed by atoms with Crippen LogP contribution in [0.15, 0.2) is 58.4 Å². The third kappa shape index (κ3) is 2.97. The molecular weight excluding hydrogens is 296 g/mol. The molecule has 0 N–H and O–H groups in total. The molecule has 0 spiro atoms. The summed E-state index contributed by atoms with van der Waals surface area (Å²) in [7, 11) is -3.20. The molecule has 0 amide bonds. The molecule has 0 bridgehead atoms. The van der Waals surface area contributed by atoms with E-state index < -0.39 is 9.84 Å². The van der Waals surface area contributed by atoms with Crippen LogP contribution in [-0.4, -0.2) is 14.7 Å². The predicted octanol–water partition coefficient (Wildman–Crippen LogP) is 4.42. The molecule has 22 heavy (non-hydrogen) atoms. The topological polar surface area (TPSA) is 47.3 Å². The van der Waals surface area contributed by atoms with Gasteiger partial charge in [0.2, 0.25) is 0 Å². The van der Waals surface area contributed by atoms with Gasteiger partial charge in [0.05, 0.1) is 0 Å². The van der Waals surface area contributed by atoms with Gasteiger partial charge in [0.25, 0.3) is 0 Å². The van der Waals surface area contributed by atoms with Gasteiger partial charge in [0.1, 0.15) is 11.3 Å². The van der Waals surface area contributed by atoms with Crippen molar-refractivity contribution in [1.82, 2.24) is 0 Å². The maximum absolute atomic E-state index is 11.4. The molecule has 0 saturated heterocycles. The van der Waals surface area contributed by atoms with Crippen molar-refractivity contribution in [3.63, 3.8) is 0 Å². The van der Waals surface area contributed by atoms with Crippen molar-refractivity contribution in [1.29, 1.82) is 0 Å². The Morgan fingerprint density at radius 3 is 2.36 bits per heavy atom. The molecule has 0 aliphatic carbocycles. The number of hydrogen-bond donors (Lipinski definition) is 0. The van der Waals surface area contributed by atoms with E-state index in [2.05, 4.69) is 0 Å². The lowest BCUT2D eigenvalue weighted by atomic mass is 10.0. The van der Waals surface area contributed by atoms with Gasteiger partial charge in [-0.2, -0.15) is 0 Å². The number of fused-ring (bicyclic) bond motifs is 1. The maximum atomic E-state index is 11.4. The Bertz CT molecular complexity index is 946. The monoisotopic (exact) mass is 312 g/mol. The summed E-state index contributed by atoms with van der Waals surface area (Å²) in [6.07, 6.45) is 2.79.